The average Bonchev–Trinajstić information content (AvgIpc) is 2.65. The van der Waals surface area contributed by atoms with Crippen molar-refractivity contribution in [3.8, 4) is 5.75 Å². The van der Waals surface area contributed by atoms with Crippen LogP contribution in [0.5, 0.6) is 5.75 Å². The van der Waals surface area contributed by atoms with E-state index in [0.29, 0.717) is 0 Å². The van der Waals surface area contributed by atoms with E-state index in [-0.39, 0.29) is 12.1 Å². The molecule has 0 amide bonds. The molecule has 4 heteroatoms. The Labute approximate surface area is 126 Å². The molecule has 2 aromatic rings. The van der Waals surface area contributed by atoms with E-state index in [4.69, 9.17) is 10.5 Å². The number of aromatic nitrogens is 2. The minimum absolute atomic E-state index is 0.0958. The van der Waals surface area contributed by atoms with Crippen molar-refractivity contribution in [3.05, 3.63) is 46.8 Å². The summed E-state index contributed by atoms with van der Waals surface area (Å²) in [4.78, 5) is 0. The molecule has 0 fully saturated rings. The minimum Gasteiger partial charge on any atom is -0.491 e. The fourth-order valence-corrected chi connectivity index (χ4v) is 2.59. The van der Waals surface area contributed by atoms with E-state index in [2.05, 4.69) is 12.0 Å². The molecule has 0 radical (unpaired) electrons. The molecule has 0 aliphatic rings. The van der Waals surface area contributed by atoms with Crippen LogP contribution in [0, 0.1) is 13.8 Å². The third-order valence-corrected chi connectivity index (χ3v) is 3.76. The van der Waals surface area contributed by atoms with Crippen molar-refractivity contribution in [2.75, 3.05) is 0 Å². The Bertz CT molecular complexity index is 616. The van der Waals surface area contributed by atoms with Gasteiger partial charge >= 0.3 is 0 Å². The number of aryl methyl sites for hydroxylation is 2. The van der Waals surface area contributed by atoms with E-state index in [9.17, 15) is 0 Å². The van der Waals surface area contributed by atoms with Crippen LogP contribution in [0.15, 0.2) is 24.3 Å². The molecule has 1 heterocycles. The van der Waals surface area contributed by atoms with Crippen LogP contribution >= 0.6 is 0 Å². The lowest BCUT2D eigenvalue weighted by atomic mass is 9.97. The average molecular weight is 287 g/mol. The Morgan fingerprint density at radius 1 is 1.24 bits per heavy atom. The first-order valence-electron chi connectivity index (χ1n) is 7.40. The highest BCUT2D eigenvalue weighted by molar-refractivity contribution is 5.38. The zero-order chi connectivity index (χ0) is 15.6. The molecule has 0 spiro atoms. The smallest absolute Gasteiger partial charge is 0.124 e. The molecule has 114 valence electrons. The van der Waals surface area contributed by atoms with E-state index in [0.717, 1.165) is 23.4 Å². The maximum absolute atomic E-state index is 6.43. The standard InChI is InChI=1S/C17H25N3O/c1-11(2)21-17-9-7-6-8-14(17)16(18)10-15-12(3)19-20(5)13(15)4/h6-9,11,16H,10,18H2,1-5H3. The SMILES string of the molecule is Cc1nn(C)c(C)c1CC(N)c1ccccc1OC(C)C. The Morgan fingerprint density at radius 2 is 1.90 bits per heavy atom. The Balaban J connectivity index is 2.26. The number of nitrogens with zero attached hydrogens (tertiary/aromatic N) is 2. The van der Waals surface area contributed by atoms with Crippen molar-refractivity contribution in [1.29, 1.82) is 0 Å². The van der Waals surface area contributed by atoms with Crippen LogP contribution in [0.3, 0.4) is 0 Å². The summed E-state index contributed by atoms with van der Waals surface area (Å²) < 4.78 is 7.78. The number of benzene rings is 1. The highest BCUT2D eigenvalue weighted by atomic mass is 16.5. The third kappa shape index (κ3) is 3.45. The van der Waals surface area contributed by atoms with Gasteiger partial charge in [-0.2, -0.15) is 5.10 Å². The van der Waals surface area contributed by atoms with Crippen molar-refractivity contribution in [1.82, 2.24) is 9.78 Å². The minimum atomic E-state index is -0.0958. The van der Waals surface area contributed by atoms with Gasteiger partial charge in [0.1, 0.15) is 5.75 Å². The summed E-state index contributed by atoms with van der Waals surface area (Å²) >= 11 is 0. The fourth-order valence-electron chi connectivity index (χ4n) is 2.59. The molecule has 4 nitrogen and oxygen atoms in total. The van der Waals surface area contributed by atoms with Crippen molar-refractivity contribution in [2.45, 2.75) is 46.3 Å². The van der Waals surface area contributed by atoms with Crippen molar-refractivity contribution < 1.29 is 4.74 Å². The second-order valence-electron chi connectivity index (χ2n) is 5.79. The molecule has 1 unspecified atom stereocenters. The molecule has 0 saturated carbocycles. The van der Waals surface area contributed by atoms with Gasteiger partial charge in [0, 0.05) is 24.3 Å². The van der Waals surface area contributed by atoms with Gasteiger partial charge in [-0.3, -0.25) is 4.68 Å². The molecule has 0 aliphatic heterocycles. The van der Waals surface area contributed by atoms with Crippen molar-refractivity contribution in [3.63, 3.8) is 0 Å². The van der Waals surface area contributed by atoms with Crippen LogP contribution in [0.4, 0.5) is 0 Å². The molecule has 2 N–H and O–H groups in total. The monoisotopic (exact) mass is 287 g/mol. The lowest BCUT2D eigenvalue weighted by Crippen LogP contribution is -2.17. The van der Waals surface area contributed by atoms with E-state index in [1.807, 2.05) is 56.8 Å². The van der Waals surface area contributed by atoms with Crippen LogP contribution in [0.2, 0.25) is 0 Å². The van der Waals surface area contributed by atoms with Crippen LogP contribution in [0.1, 0.15) is 42.4 Å². The van der Waals surface area contributed by atoms with E-state index < -0.39 is 0 Å². The molecule has 0 bridgehead atoms. The summed E-state index contributed by atoms with van der Waals surface area (Å²) in [6, 6.07) is 7.92. The lowest BCUT2D eigenvalue weighted by molar-refractivity contribution is 0.238. The number of nitrogens with two attached hydrogens (primary N) is 1. The number of hydrogen-bond donors (Lipinski definition) is 1. The molecule has 1 atom stereocenters. The third-order valence-electron chi connectivity index (χ3n) is 3.76. The Hall–Kier alpha value is -1.81. The highest BCUT2D eigenvalue weighted by Crippen LogP contribution is 2.28. The van der Waals surface area contributed by atoms with Gasteiger partial charge in [0.25, 0.3) is 0 Å². The molecule has 1 aromatic carbocycles. The van der Waals surface area contributed by atoms with Crippen LogP contribution in [-0.4, -0.2) is 15.9 Å². The number of ether oxygens (including phenoxy) is 1. The van der Waals surface area contributed by atoms with Crippen LogP contribution < -0.4 is 10.5 Å². The molecule has 1 aromatic heterocycles. The first kappa shape index (κ1) is 15.6. The predicted molar refractivity (Wildman–Crippen MR) is 85.5 cm³/mol. The lowest BCUT2D eigenvalue weighted by Gasteiger charge is -2.19. The van der Waals surface area contributed by atoms with Gasteiger partial charge in [0.2, 0.25) is 0 Å². The molecule has 21 heavy (non-hydrogen) atoms. The molecular weight excluding hydrogens is 262 g/mol. The van der Waals surface area contributed by atoms with Gasteiger partial charge in [-0.05, 0) is 45.7 Å². The summed E-state index contributed by atoms with van der Waals surface area (Å²) in [6.07, 6.45) is 0.907. The Kier molecular flexibility index (Phi) is 4.68. The first-order chi connectivity index (χ1) is 9.90. The molecule has 2 rings (SSSR count). The van der Waals surface area contributed by atoms with E-state index >= 15 is 0 Å². The second kappa shape index (κ2) is 6.31. The van der Waals surface area contributed by atoms with Gasteiger partial charge in [0.15, 0.2) is 0 Å². The summed E-state index contributed by atoms with van der Waals surface area (Å²) in [5, 5.41) is 4.46. The van der Waals surface area contributed by atoms with Crippen molar-refractivity contribution >= 4 is 0 Å². The van der Waals surface area contributed by atoms with Crippen molar-refractivity contribution in [2.24, 2.45) is 12.8 Å². The predicted octanol–water partition coefficient (Wildman–Crippen LogP) is 3.07. The number of hydrogen-bond acceptors (Lipinski definition) is 3. The summed E-state index contributed by atoms with van der Waals surface area (Å²) in [5.41, 5.74) is 10.9. The van der Waals surface area contributed by atoms with Gasteiger partial charge in [-0.25, -0.2) is 0 Å². The van der Waals surface area contributed by atoms with Crippen LogP contribution in [0.25, 0.3) is 0 Å². The van der Waals surface area contributed by atoms with Gasteiger partial charge in [-0.1, -0.05) is 18.2 Å². The van der Waals surface area contributed by atoms with Crippen LogP contribution in [-0.2, 0) is 13.5 Å². The normalized spacial score (nSPS) is 12.7. The molecule has 0 saturated heterocycles. The topological polar surface area (TPSA) is 53.1 Å². The summed E-state index contributed by atoms with van der Waals surface area (Å²) in [7, 11) is 1.97. The largest absolute Gasteiger partial charge is 0.491 e. The van der Waals surface area contributed by atoms with Gasteiger partial charge < -0.3 is 10.5 Å². The zero-order valence-corrected chi connectivity index (χ0v) is 13.6. The first-order valence-corrected chi connectivity index (χ1v) is 7.40. The van der Waals surface area contributed by atoms with Gasteiger partial charge in [0.05, 0.1) is 11.8 Å². The molecular formula is C17H25N3O. The van der Waals surface area contributed by atoms with E-state index in [1.54, 1.807) is 0 Å². The number of para-hydroxylation sites is 1. The summed E-state index contributed by atoms with van der Waals surface area (Å²) in [6.45, 7) is 8.17. The zero-order valence-electron chi connectivity index (χ0n) is 13.6. The maximum atomic E-state index is 6.43. The quantitative estimate of drug-likeness (QED) is 0.919. The Morgan fingerprint density at radius 3 is 2.48 bits per heavy atom. The molecule has 0 aliphatic carbocycles. The number of rotatable bonds is 5. The highest BCUT2D eigenvalue weighted by Gasteiger charge is 2.17. The maximum Gasteiger partial charge on any atom is 0.124 e. The van der Waals surface area contributed by atoms with E-state index in [1.165, 1.54) is 11.3 Å². The summed E-state index contributed by atoms with van der Waals surface area (Å²) in [5.74, 6) is 0.874. The second-order valence-corrected chi connectivity index (χ2v) is 5.79. The fraction of sp³-hybridized carbons (Fsp3) is 0.471. The van der Waals surface area contributed by atoms with Gasteiger partial charge in [-0.15, -0.1) is 0 Å².